The molecule has 10 nitrogen and oxygen atoms in total. The first-order valence-corrected chi connectivity index (χ1v) is 10.7. The molecule has 10 heteroatoms. The zero-order chi connectivity index (χ0) is 22.9. The molecule has 0 spiro atoms. The predicted octanol–water partition coefficient (Wildman–Crippen LogP) is 2.66. The van der Waals surface area contributed by atoms with Gasteiger partial charge in [0.05, 0.1) is 26.4 Å². The van der Waals surface area contributed by atoms with Gasteiger partial charge < -0.3 is 29.2 Å². The van der Waals surface area contributed by atoms with Crippen LogP contribution in [0.25, 0.3) is 11.4 Å². The van der Waals surface area contributed by atoms with E-state index in [4.69, 9.17) is 23.9 Å². The smallest absolute Gasteiger partial charge is 0.412 e. The number of carbonyl (C=O) groups is 2. The molecule has 1 aliphatic rings. The third kappa shape index (κ3) is 5.64. The molecule has 2 heterocycles. The minimum atomic E-state index is -0.578. The van der Waals surface area contributed by atoms with E-state index in [9.17, 15) is 9.59 Å². The highest BCUT2D eigenvalue weighted by Crippen LogP contribution is 2.33. The summed E-state index contributed by atoms with van der Waals surface area (Å²) in [6.45, 7) is 8.71. The molecule has 0 radical (unpaired) electrons. The van der Waals surface area contributed by atoms with E-state index in [2.05, 4.69) is 10.3 Å². The molecule has 3 rings (SSSR count). The van der Waals surface area contributed by atoms with Crippen LogP contribution in [-0.4, -0.2) is 68.1 Å². The normalized spacial score (nSPS) is 13.4. The third-order valence-corrected chi connectivity index (χ3v) is 4.56. The Morgan fingerprint density at radius 2 is 1.78 bits per heavy atom. The van der Waals surface area contributed by atoms with Crippen LogP contribution in [0.1, 0.15) is 31.3 Å². The molecule has 2 aromatic rings. The Morgan fingerprint density at radius 1 is 1.06 bits per heavy atom. The largest absolute Gasteiger partial charge is 0.488 e. The first-order chi connectivity index (χ1) is 15.6. The summed E-state index contributed by atoms with van der Waals surface area (Å²) in [4.78, 5) is 35.5. The molecule has 0 bridgehead atoms. The summed E-state index contributed by atoms with van der Waals surface area (Å²) < 4.78 is 21.7. The van der Waals surface area contributed by atoms with Crippen molar-refractivity contribution in [3.05, 3.63) is 30.0 Å². The summed E-state index contributed by atoms with van der Waals surface area (Å²) in [5.41, 5.74) is 0.721. The van der Waals surface area contributed by atoms with Crippen molar-refractivity contribution < 1.29 is 28.5 Å². The van der Waals surface area contributed by atoms with Crippen molar-refractivity contribution in [1.29, 1.82) is 0 Å². The summed E-state index contributed by atoms with van der Waals surface area (Å²) in [6, 6.07) is 6.73. The number of esters is 1. The van der Waals surface area contributed by atoms with Gasteiger partial charge in [-0.25, -0.2) is 19.6 Å². The topological polar surface area (TPSA) is 112 Å². The van der Waals surface area contributed by atoms with Gasteiger partial charge in [0.15, 0.2) is 23.1 Å². The van der Waals surface area contributed by atoms with Crippen LogP contribution < -0.4 is 19.7 Å². The monoisotopic (exact) mass is 444 g/mol. The van der Waals surface area contributed by atoms with Gasteiger partial charge in [-0.15, -0.1) is 0 Å². The molecular weight excluding hydrogens is 416 g/mol. The number of hydrogen-bond acceptors (Lipinski definition) is 9. The van der Waals surface area contributed by atoms with E-state index >= 15 is 0 Å². The van der Waals surface area contributed by atoms with Crippen molar-refractivity contribution >= 4 is 17.9 Å². The lowest BCUT2D eigenvalue weighted by Gasteiger charge is -2.29. The van der Waals surface area contributed by atoms with Crippen LogP contribution in [-0.2, 0) is 9.47 Å². The summed E-state index contributed by atoms with van der Waals surface area (Å²) in [7, 11) is 0. The highest BCUT2D eigenvalue weighted by Gasteiger charge is 2.27. The Morgan fingerprint density at radius 3 is 2.41 bits per heavy atom. The van der Waals surface area contributed by atoms with Gasteiger partial charge in [0.1, 0.15) is 5.75 Å². The maximum atomic E-state index is 12.7. The molecule has 172 valence electrons. The lowest BCUT2D eigenvalue weighted by molar-refractivity contribution is 0.0514. The quantitative estimate of drug-likeness (QED) is 0.614. The van der Waals surface area contributed by atoms with Crippen molar-refractivity contribution in [2.75, 3.05) is 51.0 Å². The predicted molar refractivity (Wildman–Crippen MR) is 117 cm³/mol. The lowest BCUT2D eigenvalue weighted by atomic mass is 10.2. The minimum absolute atomic E-state index is 0.0721. The molecule has 1 aromatic carbocycles. The van der Waals surface area contributed by atoms with E-state index in [0.29, 0.717) is 68.2 Å². The van der Waals surface area contributed by atoms with Crippen LogP contribution in [0, 0.1) is 0 Å². The van der Waals surface area contributed by atoms with Crippen LogP contribution in [0.15, 0.2) is 24.3 Å². The first kappa shape index (κ1) is 23.3. The number of benzene rings is 1. The molecule has 0 unspecified atom stereocenters. The fraction of sp³-hybridized carbons (Fsp3) is 0.455. The van der Waals surface area contributed by atoms with Gasteiger partial charge in [-0.1, -0.05) is 0 Å². The maximum absolute atomic E-state index is 12.7. The zero-order valence-corrected chi connectivity index (χ0v) is 18.6. The first-order valence-electron chi connectivity index (χ1n) is 10.7. The molecule has 0 saturated carbocycles. The van der Waals surface area contributed by atoms with E-state index in [0.717, 1.165) is 0 Å². The molecule has 1 fully saturated rings. The van der Waals surface area contributed by atoms with Gasteiger partial charge in [0.25, 0.3) is 0 Å². The summed E-state index contributed by atoms with van der Waals surface area (Å²) in [5, 5.41) is 2.57. The molecule has 1 amide bonds. The van der Waals surface area contributed by atoms with E-state index < -0.39 is 12.1 Å². The summed E-state index contributed by atoms with van der Waals surface area (Å²) in [5.74, 6) is 0.955. The SMILES string of the molecule is CCNC(=O)Oc1ccc(-c2nc(C(=O)OCC)c(OCC)c(N3CCOCC3)n2)cc1. The summed E-state index contributed by atoms with van der Waals surface area (Å²) >= 11 is 0. The number of morpholine rings is 1. The van der Waals surface area contributed by atoms with Crippen LogP contribution in [0.2, 0.25) is 0 Å². The number of nitrogens with zero attached hydrogens (tertiary/aromatic N) is 3. The number of nitrogens with one attached hydrogen (secondary N) is 1. The van der Waals surface area contributed by atoms with Crippen LogP contribution in [0.4, 0.5) is 10.6 Å². The Balaban J connectivity index is 2.02. The Bertz CT molecular complexity index is 929. The number of ether oxygens (including phenoxy) is 4. The fourth-order valence-electron chi connectivity index (χ4n) is 3.13. The van der Waals surface area contributed by atoms with Crippen LogP contribution in [0.3, 0.4) is 0 Å². The van der Waals surface area contributed by atoms with Gasteiger partial charge in [0, 0.05) is 25.2 Å². The molecule has 1 N–H and O–H groups in total. The van der Waals surface area contributed by atoms with Gasteiger partial charge in [0.2, 0.25) is 0 Å². The standard InChI is InChI=1S/C22H28N4O6/c1-4-23-22(28)32-16-9-7-15(8-10-16)19-24-17(21(27)31-6-3)18(30-5-2)20(25-19)26-11-13-29-14-12-26/h7-10H,4-6,11-14H2,1-3H3,(H,23,28). The maximum Gasteiger partial charge on any atom is 0.412 e. The highest BCUT2D eigenvalue weighted by molar-refractivity contribution is 5.93. The van der Waals surface area contributed by atoms with E-state index in [1.54, 1.807) is 38.1 Å². The number of aromatic nitrogens is 2. The molecule has 32 heavy (non-hydrogen) atoms. The van der Waals surface area contributed by atoms with Crippen LogP contribution >= 0.6 is 0 Å². The molecule has 1 saturated heterocycles. The molecular formula is C22H28N4O6. The van der Waals surface area contributed by atoms with Gasteiger partial charge in [-0.05, 0) is 45.0 Å². The van der Waals surface area contributed by atoms with Gasteiger partial charge >= 0.3 is 12.1 Å². The fourth-order valence-corrected chi connectivity index (χ4v) is 3.13. The average molecular weight is 444 g/mol. The molecule has 0 atom stereocenters. The van der Waals surface area contributed by atoms with Crippen molar-refractivity contribution in [2.45, 2.75) is 20.8 Å². The highest BCUT2D eigenvalue weighted by atomic mass is 16.6. The van der Waals surface area contributed by atoms with E-state index in [1.165, 1.54) is 0 Å². The summed E-state index contributed by atoms with van der Waals surface area (Å²) in [6.07, 6.45) is -0.531. The Labute approximate surface area is 186 Å². The number of carbonyl (C=O) groups excluding carboxylic acids is 2. The van der Waals surface area contributed by atoms with E-state index in [-0.39, 0.29) is 12.3 Å². The van der Waals surface area contributed by atoms with Gasteiger partial charge in [-0.3, -0.25) is 0 Å². The number of hydrogen-bond donors (Lipinski definition) is 1. The lowest BCUT2D eigenvalue weighted by Crippen LogP contribution is -2.37. The second-order valence-corrected chi connectivity index (χ2v) is 6.75. The van der Waals surface area contributed by atoms with Crippen molar-refractivity contribution in [1.82, 2.24) is 15.3 Å². The van der Waals surface area contributed by atoms with Crippen molar-refractivity contribution in [3.63, 3.8) is 0 Å². The van der Waals surface area contributed by atoms with Gasteiger partial charge in [-0.2, -0.15) is 0 Å². The second kappa shape index (κ2) is 11.3. The Kier molecular flexibility index (Phi) is 8.20. The number of anilines is 1. The molecule has 0 aliphatic carbocycles. The number of amides is 1. The van der Waals surface area contributed by atoms with E-state index in [1.807, 2.05) is 11.8 Å². The third-order valence-electron chi connectivity index (χ3n) is 4.56. The molecule has 1 aromatic heterocycles. The Hall–Kier alpha value is -3.40. The second-order valence-electron chi connectivity index (χ2n) is 6.75. The average Bonchev–Trinajstić information content (AvgIpc) is 2.80. The minimum Gasteiger partial charge on any atom is -0.488 e. The zero-order valence-electron chi connectivity index (χ0n) is 18.6. The van der Waals surface area contributed by atoms with Crippen molar-refractivity contribution in [3.8, 4) is 22.9 Å². The molecule has 1 aliphatic heterocycles. The number of rotatable bonds is 8. The van der Waals surface area contributed by atoms with Crippen LogP contribution in [0.5, 0.6) is 11.5 Å². The van der Waals surface area contributed by atoms with Crippen molar-refractivity contribution in [2.24, 2.45) is 0 Å².